The largest absolute Gasteiger partial charge is 0.458 e. The summed E-state index contributed by atoms with van der Waals surface area (Å²) in [6.45, 7) is 3.49. The molecule has 0 N–H and O–H groups in total. The first kappa shape index (κ1) is 23.1. The first-order valence-corrected chi connectivity index (χ1v) is 10.4. The highest BCUT2D eigenvalue weighted by Gasteiger charge is 2.48. The van der Waals surface area contributed by atoms with Gasteiger partial charge in [-0.25, -0.2) is 0 Å². The Labute approximate surface area is 186 Å². The standard InChI is InChI=1S/C17H17Br3O8/c1-7(21)25-13-6-24-17(16(27-9(3)23)15(13)26-8(2)22)28-14-11(19)4-10(18)5-12(14)20/h4-5,13,15-17H,6H2,1-3H3/t13-,15+,16-,17+/m1/s1. The van der Waals surface area contributed by atoms with Gasteiger partial charge in [0.1, 0.15) is 0 Å². The molecule has 0 saturated carbocycles. The van der Waals surface area contributed by atoms with Gasteiger partial charge in [0.05, 0.1) is 15.6 Å². The van der Waals surface area contributed by atoms with Crippen LogP contribution in [0, 0.1) is 0 Å². The quantitative estimate of drug-likeness (QED) is 0.381. The zero-order valence-corrected chi connectivity index (χ0v) is 19.8. The molecule has 1 fully saturated rings. The molecule has 1 aliphatic heterocycles. The lowest BCUT2D eigenvalue weighted by molar-refractivity contribution is -0.260. The lowest BCUT2D eigenvalue weighted by Crippen LogP contribution is -2.59. The van der Waals surface area contributed by atoms with Crippen molar-refractivity contribution in [2.75, 3.05) is 6.61 Å². The van der Waals surface area contributed by atoms with E-state index in [1.807, 2.05) is 0 Å². The van der Waals surface area contributed by atoms with Crippen molar-refractivity contribution in [2.45, 2.75) is 45.4 Å². The number of carbonyl (C=O) groups excluding carboxylic acids is 3. The molecule has 0 amide bonds. The molecule has 1 aromatic carbocycles. The Morgan fingerprint density at radius 3 is 1.89 bits per heavy atom. The lowest BCUT2D eigenvalue weighted by Gasteiger charge is -2.40. The van der Waals surface area contributed by atoms with Gasteiger partial charge in [0.2, 0.25) is 12.4 Å². The van der Waals surface area contributed by atoms with Crippen LogP contribution in [0.3, 0.4) is 0 Å². The first-order valence-electron chi connectivity index (χ1n) is 8.03. The molecule has 0 aliphatic carbocycles. The van der Waals surface area contributed by atoms with Gasteiger partial charge in [-0.2, -0.15) is 0 Å². The maximum Gasteiger partial charge on any atom is 0.303 e. The third-order valence-electron chi connectivity index (χ3n) is 3.50. The van der Waals surface area contributed by atoms with E-state index in [-0.39, 0.29) is 6.61 Å². The van der Waals surface area contributed by atoms with Gasteiger partial charge in [-0.3, -0.25) is 14.4 Å². The van der Waals surface area contributed by atoms with Crippen LogP contribution in [-0.4, -0.2) is 49.1 Å². The number of benzene rings is 1. The zero-order chi connectivity index (χ0) is 21.0. The molecule has 1 heterocycles. The van der Waals surface area contributed by atoms with Gasteiger partial charge in [-0.1, -0.05) is 15.9 Å². The van der Waals surface area contributed by atoms with Crippen molar-refractivity contribution in [2.24, 2.45) is 0 Å². The lowest BCUT2D eigenvalue weighted by atomic mass is 10.0. The second-order valence-corrected chi connectivity index (χ2v) is 8.44. The molecule has 0 unspecified atom stereocenters. The van der Waals surface area contributed by atoms with Gasteiger partial charge in [0.25, 0.3) is 0 Å². The van der Waals surface area contributed by atoms with Crippen LogP contribution in [0.1, 0.15) is 20.8 Å². The van der Waals surface area contributed by atoms with Crippen molar-refractivity contribution in [3.63, 3.8) is 0 Å². The number of rotatable bonds is 5. The molecule has 28 heavy (non-hydrogen) atoms. The van der Waals surface area contributed by atoms with Crippen LogP contribution in [-0.2, 0) is 33.3 Å². The number of hydrogen-bond donors (Lipinski definition) is 0. The number of carbonyl (C=O) groups is 3. The maximum atomic E-state index is 11.6. The van der Waals surface area contributed by atoms with Crippen molar-refractivity contribution in [3.8, 4) is 5.75 Å². The van der Waals surface area contributed by atoms with E-state index in [1.165, 1.54) is 20.8 Å². The fraction of sp³-hybridized carbons (Fsp3) is 0.471. The molecule has 11 heteroatoms. The highest BCUT2D eigenvalue weighted by Crippen LogP contribution is 2.38. The average Bonchev–Trinajstić information content (AvgIpc) is 2.54. The molecule has 0 spiro atoms. The second kappa shape index (κ2) is 10.0. The van der Waals surface area contributed by atoms with Crippen molar-refractivity contribution in [1.29, 1.82) is 0 Å². The van der Waals surface area contributed by atoms with Crippen LogP contribution in [0.15, 0.2) is 25.6 Å². The minimum atomic E-state index is -1.16. The summed E-state index contributed by atoms with van der Waals surface area (Å²) < 4.78 is 29.3. The van der Waals surface area contributed by atoms with Crippen LogP contribution < -0.4 is 4.74 Å². The van der Waals surface area contributed by atoms with E-state index >= 15 is 0 Å². The van der Waals surface area contributed by atoms with E-state index in [9.17, 15) is 14.4 Å². The summed E-state index contributed by atoms with van der Waals surface area (Å²) in [5, 5.41) is 0. The van der Waals surface area contributed by atoms with Gasteiger partial charge in [0.15, 0.2) is 18.0 Å². The van der Waals surface area contributed by atoms with E-state index in [0.717, 1.165) is 4.47 Å². The van der Waals surface area contributed by atoms with Crippen LogP contribution in [0.4, 0.5) is 0 Å². The molecule has 154 valence electrons. The number of esters is 3. The third-order valence-corrected chi connectivity index (χ3v) is 5.14. The molecule has 8 nitrogen and oxygen atoms in total. The summed E-state index contributed by atoms with van der Waals surface area (Å²) in [6, 6.07) is 3.52. The van der Waals surface area contributed by atoms with E-state index in [1.54, 1.807) is 12.1 Å². The Bertz CT molecular complexity index is 746. The molecule has 4 atom stereocenters. The zero-order valence-electron chi connectivity index (χ0n) is 15.1. The summed E-state index contributed by atoms with van der Waals surface area (Å²) in [5.74, 6) is -1.48. The number of ether oxygens (including phenoxy) is 5. The van der Waals surface area contributed by atoms with E-state index in [0.29, 0.717) is 14.7 Å². The molecule has 1 saturated heterocycles. The fourth-order valence-corrected chi connectivity index (χ4v) is 5.01. The number of halogens is 3. The van der Waals surface area contributed by atoms with Crippen LogP contribution in [0.2, 0.25) is 0 Å². The van der Waals surface area contributed by atoms with E-state index in [4.69, 9.17) is 23.7 Å². The minimum absolute atomic E-state index is 0.119. The third kappa shape index (κ3) is 6.16. The first-order chi connectivity index (χ1) is 13.1. The molecule has 0 radical (unpaired) electrons. The predicted octanol–water partition coefficient (Wildman–Crippen LogP) is 3.50. The smallest absolute Gasteiger partial charge is 0.303 e. The number of hydrogen-bond acceptors (Lipinski definition) is 8. The Hall–Kier alpha value is -1.17. The normalized spacial score (nSPS) is 24.2. The highest BCUT2D eigenvalue weighted by atomic mass is 79.9. The summed E-state index contributed by atoms with van der Waals surface area (Å²) in [6.07, 6.45) is -4.34. The van der Waals surface area contributed by atoms with Crippen molar-refractivity contribution < 1.29 is 38.1 Å². The van der Waals surface area contributed by atoms with Gasteiger partial charge < -0.3 is 23.7 Å². The van der Waals surface area contributed by atoms with Crippen molar-refractivity contribution in [1.82, 2.24) is 0 Å². The van der Waals surface area contributed by atoms with Gasteiger partial charge in [0, 0.05) is 25.2 Å². The van der Waals surface area contributed by atoms with Crippen LogP contribution in [0.25, 0.3) is 0 Å². The summed E-state index contributed by atoms with van der Waals surface area (Å²) >= 11 is 10.1. The molecule has 0 bridgehead atoms. The van der Waals surface area contributed by atoms with Crippen molar-refractivity contribution in [3.05, 3.63) is 25.6 Å². The molecular formula is C17H17Br3O8. The molecule has 1 aliphatic rings. The van der Waals surface area contributed by atoms with Crippen molar-refractivity contribution >= 4 is 65.7 Å². The molecule has 0 aromatic heterocycles. The van der Waals surface area contributed by atoms with E-state index < -0.39 is 42.5 Å². The molecule has 2 rings (SSSR count). The van der Waals surface area contributed by atoms with Gasteiger partial charge >= 0.3 is 17.9 Å². The molecule has 1 aromatic rings. The molecular weight excluding hydrogens is 572 g/mol. The maximum absolute atomic E-state index is 11.6. The minimum Gasteiger partial charge on any atom is -0.458 e. The van der Waals surface area contributed by atoms with E-state index in [2.05, 4.69) is 47.8 Å². The van der Waals surface area contributed by atoms with Gasteiger partial charge in [-0.05, 0) is 44.0 Å². The topological polar surface area (TPSA) is 97.4 Å². The second-order valence-electron chi connectivity index (χ2n) is 5.81. The van der Waals surface area contributed by atoms with Crippen LogP contribution >= 0.6 is 47.8 Å². The highest BCUT2D eigenvalue weighted by molar-refractivity contribution is 9.11. The Balaban J connectivity index is 2.36. The summed E-state index contributed by atoms with van der Waals surface area (Å²) in [5.41, 5.74) is 0. The monoisotopic (exact) mass is 586 g/mol. The average molecular weight is 589 g/mol. The van der Waals surface area contributed by atoms with Crippen LogP contribution in [0.5, 0.6) is 5.75 Å². The Morgan fingerprint density at radius 1 is 0.893 bits per heavy atom. The Kier molecular flexibility index (Phi) is 8.29. The predicted molar refractivity (Wildman–Crippen MR) is 107 cm³/mol. The summed E-state index contributed by atoms with van der Waals surface area (Å²) in [4.78, 5) is 34.6. The van der Waals surface area contributed by atoms with Gasteiger partial charge in [-0.15, -0.1) is 0 Å². The Morgan fingerprint density at radius 2 is 1.39 bits per heavy atom. The summed E-state index contributed by atoms with van der Waals surface area (Å²) in [7, 11) is 0. The fourth-order valence-electron chi connectivity index (χ4n) is 2.57. The SMILES string of the molecule is CC(=O)O[C@@H]1[C@@H](OC(C)=O)[C@H](Oc2c(Br)cc(Br)cc2Br)OC[C@H]1OC(C)=O.